The third-order valence-corrected chi connectivity index (χ3v) is 3.53. The Hall–Kier alpha value is -0.930. The first-order valence-corrected chi connectivity index (χ1v) is 7.26. The van der Waals surface area contributed by atoms with Gasteiger partial charge in [-0.1, -0.05) is 51.3 Å². The SMILES string of the molecule is CCCCC(CC)COCc1cccc(CN)c1F. The van der Waals surface area contributed by atoms with Crippen LogP contribution in [0.25, 0.3) is 0 Å². The van der Waals surface area contributed by atoms with Gasteiger partial charge in [-0.25, -0.2) is 4.39 Å². The Morgan fingerprint density at radius 1 is 1.26 bits per heavy atom. The van der Waals surface area contributed by atoms with E-state index in [1.54, 1.807) is 12.1 Å². The molecule has 0 bridgehead atoms. The number of benzene rings is 1. The molecule has 1 aromatic carbocycles. The number of halogens is 1. The summed E-state index contributed by atoms with van der Waals surface area (Å²) < 4.78 is 19.6. The number of hydrogen-bond acceptors (Lipinski definition) is 2. The van der Waals surface area contributed by atoms with Gasteiger partial charge in [0, 0.05) is 24.3 Å². The molecular weight excluding hydrogens is 241 g/mol. The van der Waals surface area contributed by atoms with Crippen molar-refractivity contribution in [3.63, 3.8) is 0 Å². The second-order valence-electron chi connectivity index (χ2n) is 5.03. The van der Waals surface area contributed by atoms with E-state index in [1.165, 1.54) is 19.3 Å². The maximum absolute atomic E-state index is 13.9. The van der Waals surface area contributed by atoms with Crippen LogP contribution in [0.1, 0.15) is 50.7 Å². The van der Waals surface area contributed by atoms with Gasteiger partial charge >= 0.3 is 0 Å². The molecule has 1 atom stereocenters. The Morgan fingerprint density at radius 2 is 2.00 bits per heavy atom. The van der Waals surface area contributed by atoms with Gasteiger partial charge in [0.25, 0.3) is 0 Å². The third-order valence-electron chi connectivity index (χ3n) is 3.53. The van der Waals surface area contributed by atoms with Gasteiger partial charge < -0.3 is 10.5 Å². The van der Waals surface area contributed by atoms with E-state index >= 15 is 0 Å². The molecule has 0 saturated heterocycles. The number of rotatable bonds is 9. The van der Waals surface area contributed by atoms with Crippen molar-refractivity contribution in [2.24, 2.45) is 11.7 Å². The van der Waals surface area contributed by atoms with E-state index in [0.717, 1.165) is 6.42 Å². The first kappa shape index (κ1) is 16.1. The summed E-state index contributed by atoms with van der Waals surface area (Å²) in [5, 5.41) is 0. The van der Waals surface area contributed by atoms with Gasteiger partial charge in [-0.2, -0.15) is 0 Å². The molecule has 0 amide bonds. The molecule has 0 aromatic heterocycles. The van der Waals surface area contributed by atoms with Crippen molar-refractivity contribution >= 4 is 0 Å². The Balaban J connectivity index is 2.44. The molecule has 0 aliphatic rings. The highest BCUT2D eigenvalue weighted by molar-refractivity contribution is 5.25. The van der Waals surface area contributed by atoms with Gasteiger partial charge in [0.15, 0.2) is 0 Å². The molecule has 3 heteroatoms. The number of unbranched alkanes of at least 4 members (excludes halogenated alkanes) is 1. The minimum Gasteiger partial charge on any atom is -0.376 e. The third kappa shape index (κ3) is 5.29. The maximum Gasteiger partial charge on any atom is 0.133 e. The van der Waals surface area contributed by atoms with Crippen LogP contribution in [0.5, 0.6) is 0 Å². The number of hydrogen-bond donors (Lipinski definition) is 1. The summed E-state index contributed by atoms with van der Waals surface area (Å²) in [6, 6.07) is 5.31. The van der Waals surface area contributed by atoms with Gasteiger partial charge in [-0.3, -0.25) is 0 Å². The van der Waals surface area contributed by atoms with Crippen LogP contribution >= 0.6 is 0 Å². The van der Waals surface area contributed by atoms with Gasteiger partial charge in [-0.05, 0) is 12.3 Å². The molecule has 0 heterocycles. The van der Waals surface area contributed by atoms with Crippen LogP contribution in [0.15, 0.2) is 18.2 Å². The average Bonchev–Trinajstić information content (AvgIpc) is 2.44. The first-order chi connectivity index (χ1) is 9.22. The van der Waals surface area contributed by atoms with Gasteiger partial charge in [0.1, 0.15) is 5.82 Å². The first-order valence-electron chi connectivity index (χ1n) is 7.26. The van der Waals surface area contributed by atoms with Crippen LogP contribution in [0, 0.1) is 11.7 Å². The zero-order chi connectivity index (χ0) is 14.1. The standard InChI is InChI=1S/C16H26FNO/c1-3-5-7-13(4-2)11-19-12-15-9-6-8-14(10-18)16(15)17/h6,8-9,13H,3-5,7,10-12,18H2,1-2H3. The fourth-order valence-corrected chi connectivity index (χ4v) is 2.14. The van der Waals surface area contributed by atoms with E-state index in [9.17, 15) is 4.39 Å². The van der Waals surface area contributed by atoms with E-state index in [4.69, 9.17) is 10.5 Å². The second-order valence-corrected chi connectivity index (χ2v) is 5.03. The van der Waals surface area contributed by atoms with Gasteiger partial charge in [0.2, 0.25) is 0 Å². The minimum atomic E-state index is -0.216. The Bertz CT molecular complexity index is 368. The fourth-order valence-electron chi connectivity index (χ4n) is 2.14. The molecule has 19 heavy (non-hydrogen) atoms. The van der Waals surface area contributed by atoms with Crippen molar-refractivity contribution in [2.45, 2.75) is 52.7 Å². The summed E-state index contributed by atoms with van der Waals surface area (Å²) in [6.07, 6.45) is 4.76. The average molecular weight is 267 g/mol. The highest BCUT2D eigenvalue weighted by atomic mass is 19.1. The van der Waals surface area contributed by atoms with Crippen LogP contribution in [0.2, 0.25) is 0 Å². The van der Waals surface area contributed by atoms with E-state index in [2.05, 4.69) is 13.8 Å². The van der Waals surface area contributed by atoms with E-state index < -0.39 is 0 Å². The van der Waals surface area contributed by atoms with Crippen LogP contribution in [-0.2, 0) is 17.9 Å². The molecule has 2 nitrogen and oxygen atoms in total. The van der Waals surface area contributed by atoms with E-state index in [1.807, 2.05) is 6.07 Å². The molecule has 1 unspecified atom stereocenters. The molecule has 1 rings (SSSR count). The topological polar surface area (TPSA) is 35.2 Å². The van der Waals surface area contributed by atoms with Gasteiger partial charge in [0.05, 0.1) is 6.61 Å². The van der Waals surface area contributed by atoms with Crippen molar-refractivity contribution in [1.29, 1.82) is 0 Å². The fraction of sp³-hybridized carbons (Fsp3) is 0.625. The molecule has 108 valence electrons. The highest BCUT2D eigenvalue weighted by Gasteiger charge is 2.09. The van der Waals surface area contributed by atoms with E-state index in [0.29, 0.717) is 30.3 Å². The molecule has 0 radical (unpaired) electrons. The summed E-state index contributed by atoms with van der Waals surface area (Å²) in [7, 11) is 0. The Kier molecular flexibility index (Phi) is 7.68. The Labute approximate surface area is 116 Å². The van der Waals surface area contributed by atoms with Crippen molar-refractivity contribution in [3.05, 3.63) is 35.1 Å². The molecule has 1 aromatic rings. The van der Waals surface area contributed by atoms with Crippen molar-refractivity contribution in [1.82, 2.24) is 0 Å². The molecule has 0 aliphatic carbocycles. The smallest absolute Gasteiger partial charge is 0.133 e. The summed E-state index contributed by atoms with van der Waals surface area (Å²) in [5.74, 6) is 0.368. The molecule has 0 fully saturated rings. The molecule has 0 saturated carbocycles. The summed E-state index contributed by atoms with van der Waals surface area (Å²) in [6.45, 7) is 5.65. The van der Waals surface area contributed by atoms with Crippen LogP contribution in [-0.4, -0.2) is 6.61 Å². The largest absolute Gasteiger partial charge is 0.376 e. The molecular formula is C16H26FNO. The lowest BCUT2D eigenvalue weighted by atomic mass is 10.0. The minimum absolute atomic E-state index is 0.216. The zero-order valence-corrected chi connectivity index (χ0v) is 12.1. The number of nitrogens with two attached hydrogens (primary N) is 1. The lowest BCUT2D eigenvalue weighted by molar-refractivity contribution is 0.0801. The van der Waals surface area contributed by atoms with Crippen LogP contribution < -0.4 is 5.73 Å². The van der Waals surface area contributed by atoms with Crippen molar-refractivity contribution in [2.75, 3.05) is 6.61 Å². The predicted octanol–water partition coefficient (Wildman–Crippen LogP) is 4.02. The normalized spacial score (nSPS) is 12.6. The van der Waals surface area contributed by atoms with Gasteiger partial charge in [-0.15, -0.1) is 0 Å². The quantitative estimate of drug-likeness (QED) is 0.733. The second kappa shape index (κ2) is 9.05. The molecule has 0 spiro atoms. The van der Waals surface area contributed by atoms with Crippen molar-refractivity contribution in [3.8, 4) is 0 Å². The van der Waals surface area contributed by atoms with Crippen LogP contribution in [0.4, 0.5) is 4.39 Å². The lowest BCUT2D eigenvalue weighted by Crippen LogP contribution is -2.10. The number of ether oxygens (including phenoxy) is 1. The van der Waals surface area contributed by atoms with Crippen LogP contribution in [0.3, 0.4) is 0 Å². The molecule has 0 aliphatic heterocycles. The highest BCUT2D eigenvalue weighted by Crippen LogP contribution is 2.16. The lowest BCUT2D eigenvalue weighted by Gasteiger charge is -2.15. The molecule has 2 N–H and O–H groups in total. The Morgan fingerprint density at radius 3 is 2.63 bits per heavy atom. The zero-order valence-electron chi connectivity index (χ0n) is 12.1. The predicted molar refractivity (Wildman–Crippen MR) is 77.3 cm³/mol. The maximum atomic E-state index is 13.9. The summed E-state index contributed by atoms with van der Waals surface area (Å²) in [4.78, 5) is 0. The van der Waals surface area contributed by atoms with E-state index in [-0.39, 0.29) is 12.4 Å². The monoisotopic (exact) mass is 267 g/mol. The summed E-state index contributed by atoms with van der Waals surface area (Å²) in [5.41, 5.74) is 6.65. The van der Waals surface area contributed by atoms with Crippen molar-refractivity contribution < 1.29 is 9.13 Å². The summed E-state index contributed by atoms with van der Waals surface area (Å²) >= 11 is 0.